The van der Waals surface area contributed by atoms with Crippen LogP contribution in [-0.4, -0.2) is 8.42 Å². The van der Waals surface area contributed by atoms with Gasteiger partial charge in [-0.3, -0.25) is 4.72 Å². The smallest absolute Gasteiger partial charge is 0.263 e. The fraction of sp³-hybridized carbons (Fsp3) is 0.0769. The highest BCUT2D eigenvalue weighted by Crippen LogP contribution is 2.28. The van der Waals surface area contributed by atoms with E-state index in [-0.39, 0.29) is 20.1 Å². The van der Waals surface area contributed by atoms with Crippen LogP contribution < -0.4 is 4.72 Å². The Kier molecular flexibility index (Phi) is 4.36. The van der Waals surface area contributed by atoms with Crippen LogP contribution in [0, 0.1) is 12.7 Å². The SMILES string of the molecule is Cc1cc(Br)c(F)cc1NS(=O)(=O)c1ccccc1Cl. The Labute approximate surface area is 130 Å². The van der Waals surface area contributed by atoms with Crippen LogP contribution in [0.1, 0.15) is 5.56 Å². The molecule has 106 valence electrons. The van der Waals surface area contributed by atoms with E-state index < -0.39 is 15.8 Å². The highest BCUT2D eigenvalue weighted by Gasteiger charge is 2.19. The fourth-order valence-corrected chi connectivity index (χ4v) is 3.72. The summed E-state index contributed by atoms with van der Waals surface area (Å²) < 4.78 is 40.6. The molecule has 3 nitrogen and oxygen atoms in total. The first kappa shape index (κ1) is 15.3. The predicted molar refractivity (Wildman–Crippen MR) is 81.1 cm³/mol. The number of aryl methyl sites for hydroxylation is 1. The summed E-state index contributed by atoms with van der Waals surface area (Å²) in [6.45, 7) is 1.68. The van der Waals surface area contributed by atoms with Gasteiger partial charge in [-0.2, -0.15) is 0 Å². The minimum Gasteiger partial charge on any atom is -0.279 e. The molecule has 0 radical (unpaired) electrons. The first-order chi connectivity index (χ1) is 9.31. The maximum absolute atomic E-state index is 13.5. The molecule has 0 aliphatic rings. The van der Waals surface area contributed by atoms with E-state index in [1.165, 1.54) is 18.2 Å². The molecule has 0 heterocycles. The van der Waals surface area contributed by atoms with E-state index in [1.807, 2.05) is 0 Å². The second-order valence-electron chi connectivity index (χ2n) is 4.12. The van der Waals surface area contributed by atoms with Gasteiger partial charge in [-0.25, -0.2) is 12.8 Å². The van der Waals surface area contributed by atoms with Crippen LogP contribution in [0.25, 0.3) is 0 Å². The maximum atomic E-state index is 13.5. The van der Waals surface area contributed by atoms with Crippen molar-refractivity contribution in [3.05, 3.63) is 57.3 Å². The van der Waals surface area contributed by atoms with Gasteiger partial charge < -0.3 is 0 Å². The van der Waals surface area contributed by atoms with E-state index in [9.17, 15) is 12.8 Å². The van der Waals surface area contributed by atoms with E-state index in [4.69, 9.17) is 11.6 Å². The van der Waals surface area contributed by atoms with Crippen molar-refractivity contribution in [2.45, 2.75) is 11.8 Å². The van der Waals surface area contributed by atoms with E-state index in [0.29, 0.717) is 5.56 Å². The van der Waals surface area contributed by atoms with Crippen molar-refractivity contribution in [1.29, 1.82) is 0 Å². The van der Waals surface area contributed by atoms with Gasteiger partial charge in [0.1, 0.15) is 10.7 Å². The summed E-state index contributed by atoms with van der Waals surface area (Å²) in [7, 11) is -3.86. The summed E-state index contributed by atoms with van der Waals surface area (Å²) in [5, 5.41) is 0.107. The van der Waals surface area contributed by atoms with Crippen molar-refractivity contribution >= 4 is 43.2 Å². The van der Waals surface area contributed by atoms with Crippen LogP contribution in [0.15, 0.2) is 45.8 Å². The molecule has 0 saturated carbocycles. The summed E-state index contributed by atoms with van der Waals surface area (Å²) in [6, 6.07) is 8.68. The van der Waals surface area contributed by atoms with Crippen molar-refractivity contribution in [3.8, 4) is 0 Å². The third kappa shape index (κ3) is 3.13. The third-order valence-corrected chi connectivity index (χ3v) is 5.11. The van der Waals surface area contributed by atoms with Crippen molar-refractivity contribution in [2.24, 2.45) is 0 Å². The molecule has 0 saturated heterocycles. The van der Waals surface area contributed by atoms with E-state index in [2.05, 4.69) is 20.7 Å². The second kappa shape index (κ2) is 5.71. The van der Waals surface area contributed by atoms with Crippen LogP contribution in [0.4, 0.5) is 10.1 Å². The molecule has 0 atom stereocenters. The molecule has 0 fully saturated rings. The molecule has 0 spiro atoms. The number of sulfonamides is 1. The van der Waals surface area contributed by atoms with Crippen LogP contribution in [0.5, 0.6) is 0 Å². The number of hydrogen-bond acceptors (Lipinski definition) is 2. The van der Waals surface area contributed by atoms with E-state index >= 15 is 0 Å². The first-order valence-corrected chi connectivity index (χ1v) is 8.19. The Morgan fingerprint density at radius 3 is 2.55 bits per heavy atom. The highest BCUT2D eigenvalue weighted by molar-refractivity contribution is 9.10. The molecule has 0 aromatic heterocycles. The number of nitrogens with one attached hydrogen (secondary N) is 1. The molecule has 0 unspecified atom stereocenters. The molecule has 0 bridgehead atoms. The lowest BCUT2D eigenvalue weighted by Crippen LogP contribution is -2.14. The largest absolute Gasteiger partial charge is 0.279 e. The second-order valence-corrected chi connectivity index (χ2v) is 7.03. The summed E-state index contributed by atoms with van der Waals surface area (Å²) in [4.78, 5) is -0.0515. The van der Waals surface area contributed by atoms with Gasteiger partial charge in [0.05, 0.1) is 15.2 Å². The standard InChI is InChI=1S/C13H10BrClFNO2S/c1-8-6-9(14)11(16)7-12(8)17-20(18,19)13-5-3-2-4-10(13)15/h2-7,17H,1H3. The van der Waals surface area contributed by atoms with E-state index in [1.54, 1.807) is 19.1 Å². The normalized spacial score (nSPS) is 11.4. The predicted octanol–water partition coefficient (Wildman–Crippen LogP) is 4.35. The van der Waals surface area contributed by atoms with Gasteiger partial charge >= 0.3 is 0 Å². The Hall–Kier alpha value is -1.11. The molecule has 0 aliphatic heterocycles. The maximum Gasteiger partial charge on any atom is 0.263 e. The quantitative estimate of drug-likeness (QED) is 0.863. The molecule has 0 aliphatic carbocycles. The lowest BCUT2D eigenvalue weighted by atomic mass is 10.2. The molecule has 2 rings (SSSR count). The number of halogens is 3. The summed E-state index contributed by atoms with van der Waals surface area (Å²) in [6.07, 6.45) is 0. The van der Waals surface area contributed by atoms with Crippen LogP contribution >= 0.6 is 27.5 Å². The van der Waals surface area contributed by atoms with Gasteiger partial charge in [-0.15, -0.1) is 0 Å². The van der Waals surface area contributed by atoms with Crippen molar-refractivity contribution < 1.29 is 12.8 Å². The highest BCUT2D eigenvalue weighted by atomic mass is 79.9. The molecule has 2 aromatic rings. The zero-order valence-electron chi connectivity index (χ0n) is 10.3. The molecular weight excluding hydrogens is 369 g/mol. The fourth-order valence-electron chi connectivity index (χ4n) is 1.62. The first-order valence-electron chi connectivity index (χ1n) is 5.54. The Morgan fingerprint density at radius 1 is 1.25 bits per heavy atom. The Morgan fingerprint density at radius 2 is 1.90 bits per heavy atom. The lowest BCUT2D eigenvalue weighted by molar-refractivity contribution is 0.601. The third-order valence-electron chi connectivity index (χ3n) is 2.64. The van der Waals surface area contributed by atoms with Crippen LogP contribution in [0.3, 0.4) is 0 Å². The molecule has 7 heteroatoms. The number of rotatable bonds is 3. The minimum absolute atomic E-state index is 0.0515. The zero-order valence-corrected chi connectivity index (χ0v) is 13.5. The molecule has 2 aromatic carbocycles. The van der Waals surface area contributed by atoms with Crippen molar-refractivity contribution in [2.75, 3.05) is 4.72 Å². The van der Waals surface area contributed by atoms with Crippen molar-refractivity contribution in [3.63, 3.8) is 0 Å². The average Bonchev–Trinajstić information content (AvgIpc) is 2.36. The molecule has 1 N–H and O–H groups in total. The lowest BCUT2D eigenvalue weighted by Gasteiger charge is -2.12. The number of anilines is 1. The van der Waals surface area contributed by atoms with Gasteiger partial charge in [0.25, 0.3) is 10.0 Å². The summed E-state index contributed by atoms with van der Waals surface area (Å²) in [5.74, 6) is -0.549. The Balaban J connectivity index is 2.44. The van der Waals surface area contributed by atoms with Crippen molar-refractivity contribution in [1.82, 2.24) is 0 Å². The van der Waals surface area contributed by atoms with Gasteiger partial charge in [0, 0.05) is 0 Å². The Bertz CT molecular complexity index is 765. The van der Waals surface area contributed by atoms with E-state index in [0.717, 1.165) is 6.07 Å². The average molecular weight is 379 g/mol. The van der Waals surface area contributed by atoms with Crippen LogP contribution in [0.2, 0.25) is 5.02 Å². The van der Waals surface area contributed by atoms with Crippen LogP contribution in [-0.2, 0) is 10.0 Å². The topological polar surface area (TPSA) is 46.2 Å². The summed E-state index contributed by atoms with van der Waals surface area (Å²) >= 11 is 8.91. The zero-order chi connectivity index (χ0) is 14.9. The van der Waals surface area contributed by atoms with Gasteiger partial charge in [0.2, 0.25) is 0 Å². The molecule has 0 amide bonds. The van der Waals surface area contributed by atoms with Gasteiger partial charge in [-0.1, -0.05) is 23.7 Å². The minimum atomic E-state index is -3.86. The van der Waals surface area contributed by atoms with Gasteiger partial charge in [-0.05, 0) is 52.7 Å². The summed E-state index contributed by atoms with van der Waals surface area (Å²) in [5.41, 5.74) is 0.763. The monoisotopic (exact) mass is 377 g/mol. The number of hydrogen-bond donors (Lipinski definition) is 1. The molecule has 20 heavy (non-hydrogen) atoms. The van der Waals surface area contributed by atoms with Gasteiger partial charge in [0.15, 0.2) is 0 Å². The molecular formula is C13H10BrClFNO2S. The number of benzene rings is 2.